The van der Waals surface area contributed by atoms with Crippen LogP contribution in [0.3, 0.4) is 0 Å². The van der Waals surface area contributed by atoms with Crippen molar-refractivity contribution < 1.29 is 14.6 Å². The van der Waals surface area contributed by atoms with E-state index in [1.807, 2.05) is 6.92 Å². The lowest BCUT2D eigenvalue weighted by Crippen LogP contribution is -2.52. The topological polar surface area (TPSA) is 75.6 Å². The van der Waals surface area contributed by atoms with E-state index < -0.39 is 0 Å². The summed E-state index contributed by atoms with van der Waals surface area (Å²) in [5, 5.41) is 14.4. The van der Waals surface area contributed by atoms with E-state index in [2.05, 4.69) is 9.59 Å². The van der Waals surface area contributed by atoms with E-state index in [9.17, 15) is 4.79 Å². The lowest BCUT2D eigenvalue weighted by atomic mass is 10.2. The molecule has 0 spiro atoms. The molecule has 0 bridgehead atoms. The summed E-state index contributed by atoms with van der Waals surface area (Å²) in [5.74, 6) is -0.150. The molecule has 1 aliphatic rings. The van der Waals surface area contributed by atoms with Crippen molar-refractivity contribution in [2.45, 2.75) is 19.1 Å². The molecule has 16 heavy (non-hydrogen) atoms. The van der Waals surface area contributed by atoms with Crippen molar-refractivity contribution in [3.63, 3.8) is 0 Å². The zero-order chi connectivity index (χ0) is 11.5. The summed E-state index contributed by atoms with van der Waals surface area (Å²) in [6.07, 6.45) is -0.299. The summed E-state index contributed by atoms with van der Waals surface area (Å²) in [7, 11) is 0. The van der Waals surface area contributed by atoms with Gasteiger partial charge in [0.15, 0.2) is 5.69 Å². The van der Waals surface area contributed by atoms with Crippen LogP contribution in [0, 0.1) is 0 Å². The largest absolute Gasteiger partial charge is 0.394 e. The van der Waals surface area contributed by atoms with Gasteiger partial charge in [-0.15, -0.1) is 5.10 Å². The fourth-order valence-corrected chi connectivity index (χ4v) is 2.05. The number of ether oxygens (including phenoxy) is 1. The van der Waals surface area contributed by atoms with Gasteiger partial charge in [-0.25, -0.2) is 0 Å². The molecule has 2 heterocycles. The van der Waals surface area contributed by atoms with Crippen LogP contribution in [0.4, 0.5) is 0 Å². The van der Waals surface area contributed by atoms with E-state index in [-0.39, 0.29) is 24.7 Å². The molecule has 1 saturated heterocycles. The number of amides is 1. The number of aliphatic hydroxyl groups is 1. The summed E-state index contributed by atoms with van der Waals surface area (Å²) in [5.41, 5.74) is 0.357. The van der Waals surface area contributed by atoms with Crippen LogP contribution in [-0.4, -0.2) is 57.4 Å². The van der Waals surface area contributed by atoms with Crippen molar-refractivity contribution >= 4 is 17.4 Å². The maximum absolute atomic E-state index is 12.0. The molecular formula is C9H13N3O3S. The monoisotopic (exact) mass is 243 g/mol. The van der Waals surface area contributed by atoms with E-state index in [0.29, 0.717) is 18.8 Å². The molecule has 1 N–H and O–H groups in total. The second-order valence-corrected chi connectivity index (χ2v) is 4.34. The first-order valence-corrected chi connectivity index (χ1v) is 5.86. The quantitative estimate of drug-likeness (QED) is 0.776. The maximum atomic E-state index is 12.0. The molecule has 6 nitrogen and oxygen atoms in total. The van der Waals surface area contributed by atoms with Crippen LogP contribution in [0.15, 0.2) is 5.38 Å². The fraction of sp³-hybridized carbons (Fsp3) is 0.667. The summed E-state index contributed by atoms with van der Waals surface area (Å²) < 4.78 is 9.03. The van der Waals surface area contributed by atoms with E-state index in [1.54, 1.807) is 10.3 Å². The van der Waals surface area contributed by atoms with Crippen LogP contribution in [0.1, 0.15) is 17.4 Å². The fourth-order valence-electron chi connectivity index (χ4n) is 1.62. The number of carbonyl (C=O) groups is 1. The van der Waals surface area contributed by atoms with Crippen molar-refractivity contribution in [3.8, 4) is 0 Å². The minimum atomic E-state index is -0.299. The third kappa shape index (κ3) is 2.21. The SMILES string of the molecule is CC1COC(CO)CN1C(=O)c1csnn1. The van der Waals surface area contributed by atoms with Crippen LogP contribution >= 0.6 is 11.5 Å². The summed E-state index contributed by atoms with van der Waals surface area (Å²) in [4.78, 5) is 13.7. The molecule has 0 aliphatic carbocycles. The molecule has 2 rings (SSSR count). The minimum Gasteiger partial charge on any atom is -0.394 e. The summed E-state index contributed by atoms with van der Waals surface area (Å²) in [6, 6.07) is -0.00278. The highest BCUT2D eigenvalue weighted by Gasteiger charge is 2.30. The number of hydrogen-bond acceptors (Lipinski definition) is 6. The molecule has 7 heteroatoms. The van der Waals surface area contributed by atoms with Gasteiger partial charge in [0.05, 0.1) is 25.4 Å². The zero-order valence-corrected chi connectivity index (χ0v) is 9.68. The van der Waals surface area contributed by atoms with Gasteiger partial charge in [-0.05, 0) is 18.5 Å². The first-order chi connectivity index (χ1) is 7.72. The first kappa shape index (κ1) is 11.4. The molecule has 1 fully saturated rings. The molecule has 1 amide bonds. The Morgan fingerprint density at radius 3 is 3.25 bits per heavy atom. The Labute approximate surface area is 97.0 Å². The smallest absolute Gasteiger partial charge is 0.275 e. The Balaban J connectivity index is 2.09. The molecule has 88 valence electrons. The highest BCUT2D eigenvalue weighted by atomic mass is 32.1. The van der Waals surface area contributed by atoms with E-state index in [0.717, 1.165) is 11.5 Å². The van der Waals surface area contributed by atoms with Gasteiger partial charge in [0.1, 0.15) is 0 Å². The van der Waals surface area contributed by atoms with Crippen LogP contribution < -0.4 is 0 Å². The standard InChI is InChI=1S/C9H13N3O3S/c1-6-4-15-7(3-13)2-12(6)9(14)8-5-16-11-10-8/h5-7,13H,2-4H2,1H3. The van der Waals surface area contributed by atoms with Gasteiger partial charge in [-0.2, -0.15) is 0 Å². The predicted octanol–water partition coefficient (Wildman–Crippen LogP) is -0.240. The Kier molecular flexibility index (Phi) is 3.47. The first-order valence-electron chi connectivity index (χ1n) is 5.03. The van der Waals surface area contributed by atoms with Crippen molar-refractivity contribution in [1.82, 2.24) is 14.5 Å². The molecular weight excluding hydrogens is 230 g/mol. The molecule has 0 aromatic carbocycles. The number of aromatic nitrogens is 2. The summed E-state index contributed by atoms with van der Waals surface area (Å²) >= 11 is 1.15. The van der Waals surface area contributed by atoms with Crippen LogP contribution in [0.5, 0.6) is 0 Å². The number of morpholine rings is 1. The number of hydrogen-bond donors (Lipinski definition) is 1. The predicted molar refractivity (Wildman–Crippen MR) is 57.2 cm³/mol. The Morgan fingerprint density at radius 1 is 1.81 bits per heavy atom. The lowest BCUT2D eigenvalue weighted by Gasteiger charge is -2.36. The molecule has 1 aromatic heterocycles. The van der Waals surface area contributed by atoms with Gasteiger partial charge in [0.2, 0.25) is 0 Å². The van der Waals surface area contributed by atoms with Crippen molar-refractivity contribution in [2.75, 3.05) is 19.8 Å². The summed E-state index contributed by atoms with van der Waals surface area (Å²) in [6.45, 7) is 2.67. The average Bonchev–Trinajstić information content (AvgIpc) is 2.82. The van der Waals surface area contributed by atoms with Crippen LogP contribution in [-0.2, 0) is 4.74 Å². The highest BCUT2D eigenvalue weighted by molar-refractivity contribution is 7.03. The molecule has 2 unspecified atom stereocenters. The number of nitrogens with zero attached hydrogens (tertiary/aromatic N) is 3. The third-order valence-electron chi connectivity index (χ3n) is 2.55. The Morgan fingerprint density at radius 2 is 2.62 bits per heavy atom. The Bertz CT molecular complexity index is 357. The van der Waals surface area contributed by atoms with Crippen LogP contribution in [0.25, 0.3) is 0 Å². The number of aliphatic hydroxyl groups excluding tert-OH is 1. The molecule has 0 radical (unpaired) electrons. The van der Waals surface area contributed by atoms with Crippen molar-refractivity contribution in [2.24, 2.45) is 0 Å². The van der Waals surface area contributed by atoms with Gasteiger partial charge in [0.25, 0.3) is 5.91 Å². The minimum absolute atomic E-state index is 0.00278. The maximum Gasteiger partial charge on any atom is 0.275 e. The second kappa shape index (κ2) is 4.86. The molecule has 1 aromatic rings. The van der Waals surface area contributed by atoms with Crippen molar-refractivity contribution in [3.05, 3.63) is 11.1 Å². The second-order valence-electron chi connectivity index (χ2n) is 3.73. The van der Waals surface area contributed by atoms with Crippen molar-refractivity contribution in [1.29, 1.82) is 0 Å². The third-order valence-corrected chi connectivity index (χ3v) is 3.05. The lowest BCUT2D eigenvalue weighted by molar-refractivity contribution is -0.0668. The number of rotatable bonds is 2. The van der Waals surface area contributed by atoms with E-state index >= 15 is 0 Å². The van der Waals surface area contributed by atoms with Gasteiger partial charge >= 0.3 is 0 Å². The molecule has 1 aliphatic heterocycles. The van der Waals surface area contributed by atoms with E-state index in [1.165, 1.54) is 0 Å². The molecule has 2 atom stereocenters. The Hall–Kier alpha value is -1.05. The normalized spacial score (nSPS) is 25.8. The van der Waals surface area contributed by atoms with E-state index in [4.69, 9.17) is 9.84 Å². The van der Waals surface area contributed by atoms with Gasteiger partial charge < -0.3 is 14.7 Å². The average molecular weight is 243 g/mol. The highest BCUT2D eigenvalue weighted by Crippen LogP contribution is 2.14. The van der Waals surface area contributed by atoms with Gasteiger partial charge in [-0.1, -0.05) is 4.49 Å². The van der Waals surface area contributed by atoms with Gasteiger partial charge in [0, 0.05) is 11.9 Å². The number of carbonyl (C=O) groups excluding carboxylic acids is 1. The zero-order valence-electron chi connectivity index (χ0n) is 8.87. The van der Waals surface area contributed by atoms with Crippen LogP contribution in [0.2, 0.25) is 0 Å². The van der Waals surface area contributed by atoms with Gasteiger partial charge in [-0.3, -0.25) is 4.79 Å². The molecule has 0 saturated carbocycles.